The number of nitrogens with one attached hydrogen (secondary N) is 1. The van der Waals surface area contributed by atoms with Crippen LogP contribution in [0.1, 0.15) is 0 Å². The van der Waals surface area contributed by atoms with Crippen LogP contribution in [0.15, 0.2) is 55.1 Å². The number of benzene rings is 1. The van der Waals surface area contributed by atoms with Crippen LogP contribution >= 0.6 is 0 Å². The molecule has 0 atom stereocenters. The van der Waals surface area contributed by atoms with E-state index in [0.717, 1.165) is 17.3 Å². The molecule has 1 aliphatic rings. The Kier molecular flexibility index (Phi) is 4.22. The first-order chi connectivity index (χ1) is 12.7. The van der Waals surface area contributed by atoms with Crippen LogP contribution in [0.25, 0.3) is 5.82 Å². The summed E-state index contributed by atoms with van der Waals surface area (Å²) in [7, 11) is 1.61. The summed E-state index contributed by atoms with van der Waals surface area (Å²) in [6.45, 7) is 1.25. The smallest absolute Gasteiger partial charge is 0.231 e. The summed E-state index contributed by atoms with van der Waals surface area (Å²) < 4.78 is 6.80. The van der Waals surface area contributed by atoms with E-state index in [0.29, 0.717) is 18.9 Å². The van der Waals surface area contributed by atoms with Crippen molar-refractivity contribution in [2.75, 3.05) is 30.4 Å². The van der Waals surface area contributed by atoms with Crippen LogP contribution in [0.3, 0.4) is 0 Å². The summed E-state index contributed by atoms with van der Waals surface area (Å²) in [5.41, 5.74) is 0.761. The van der Waals surface area contributed by atoms with Crippen molar-refractivity contribution in [2.24, 2.45) is 5.92 Å². The van der Waals surface area contributed by atoms with Crippen molar-refractivity contribution < 1.29 is 9.53 Å². The summed E-state index contributed by atoms with van der Waals surface area (Å²) in [5, 5.41) is 7.10. The lowest BCUT2D eigenvalue weighted by atomic mass is 9.99. The van der Waals surface area contributed by atoms with Crippen molar-refractivity contribution in [3.8, 4) is 11.6 Å². The monoisotopic (exact) mass is 350 g/mol. The number of hydrogen-bond acceptors (Lipinski definition) is 6. The second-order valence-electron chi connectivity index (χ2n) is 6.00. The van der Waals surface area contributed by atoms with Crippen LogP contribution in [0.4, 0.5) is 11.5 Å². The molecule has 26 heavy (non-hydrogen) atoms. The van der Waals surface area contributed by atoms with Gasteiger partial charge in [-0.3, -0.25) is 4.79 Å². The largest absolute Gasteiger partial charge is 0.497 e. The molecule has 8 heteroatoms. The molecule has 0 spiro atoms. The third-order valence-electron chi connectivity index (χ3n) is 4.31. The van der Waals surface area contributed by atoms with E-state index in [1.165, 1.54) is 6.33 Å². The van der Waals surface area contributed by atoms with Crippen LogP contribution in [0.5, 0.6) is 5.75 Å². The number of carbonyl (C=O) groups is 1. The molecule has 1 fully saturated rings. The fourth-order valence-corrected chi connectivity index (χ4v) is 2.79. The quantitative estimate of drug-likeness (QED) is 0.754. The molecule has 0 unspecified atom stereocenters. The van der Waals surface area contributed by atoms with E-state index in [1.54, 1.807) is 18.0 Å². The molecule has 0 radical (unpaired) electrons. The molecule has 1 aliphatic heterocycles. The molecule has 0 saturated carbocycles. The lowest BCUT2D eigenvalue weighted by Gasteiger charge is -2.39. The summed E-state index contributed by atoms with van der Waals surface area (Å²) in [6.07, 6.45) is 5.04. The molecule has 3 aromatic rings. The molecular weight excluding hydrogens is 332 g/mol. The van der Waals surface area contributed by atoms with E-state index in [1.807, 2.05) is 47.5 Å². The molecule has 1 amide bonds. The van der Waals surface area contributed by atoms with Gasteiger partial charge in [0.25, 0.3) is 0 Å². The summed E-state index contributed by atoms with van der Waals surface area (Å²) in [6, 6.07) is 11.0. The first kappa shape index (κ1) is 16.1. The molecule has 8 nitrogen and oxygen atoms in total. The number of ether oxygens (including phenoxy) is 1. The number of amides is 1. The van der Waals surface area contributed by atoms with Crippen molar-refractivity contribution in [1.82, 2.24) is 19.7 Å². The van der Waals surface area contributed by atoms with Gasteiger partial charge in [-0.05, 0) is 30.3 Å². The first-order valence-corrected chi connectivity index (χ1v) is 8.25. The van der Waals surface area contributed by atoms with Gasteiger partial charge in [0.1, 0.15) is 17.9 Å². The number of rotatable bonds is 5. The van der Waals surface area contributed by atoms with Crippen molar-refractivity contribution in [1.29, 1.82) is 0 Å². The minimum absolute atomic E-state index is 0.00720. The standard InChI is InChI=1S/C18H18N6O2/c1-26-15-5-3-14(4-6-15)22-18(25)13-10-23(11-13)16-9-17(20-12-19-16)24-8-2-7-21-24/h2-9,12-13H,10-11H2,1H3,(H,22,25). The Morgan fingerprint density at radius 2 is 1.96 bits per heavy atom. The van der Waals surface area contributed by atoms with Gasteiger partial charge in [0.2, 0.25) is 5.91 Å². The minimum atomic E-state index is -0.0692. The Morgan fingerprint density at radius 3 is 2.65 bits per heavy atom. The van der Waals surface area contributed by atoms with E-state index in [2.05, 4.69) is 20.4 Å². The van der Waals surface area contributed by atoms with E-state index in [4.69, 9.17) is 4.74 Å². The highest BCUT2D eigenvalue weighted by atomic mass is 16.5. The maximum Gasteiger partial charge on any atom is 0.231 e. The molecule has 4 rings (SSSR count). The van der Waals surface area contributed by atoms with Gasteiger partial charge in [0, 0.05) is 37.2 Å². The molecule has 132 valence electrons. The van der Waals surface area contributed by atoms with Crippen LogP contribution in [-0.4, -0.2) is 45.9 Å². The van der Waals surface area contributed by atoms with Gasteiger partial charge in [-0.15, -0.1) is 0 Å². The third-order valence-corrected chi connectivity index (χ3v) is 4.31. The number of nitrogens with zero attached hydrogens (tertiary/aromatic N) is 5. The SMILES string of the molecule is COc1ccc(NC(=O)C2CN(c3cc(-n4cccn4)ncn3)C2)cc1. The van der Waals surface area contributed by atoms with E-state index < -0.39 is 0 Å². The Balaban J connectivity index is 1.36. The second kappa shape index (κ2) is 6.83. The summed E-state index contributed by atoms with van der Waals surface area (Å²) in [4.78, 5) is 22.9. The molecular formula is C18H18N6O2. The first-order valence-electron chi connectivity index (χ1n) is 8.25. The Labute approximate surface area is 150 Å². The maximum atomic E-state index is 12.4. The zero-order chi connectivity index (χ0) is 17.9. The Bertz CT molecular complexity index is 888. The van der Waals surface area contributed by atoms with Crippen LogP contribution in [0.2, 0.25) is 0 Å². The van der Waals surface area contributed by atoms with E-state index in [-0.39, 0.29) is 11.8 Å². The highest BCUT2D eigenvalue weighted by Gasteiger charge is 2.33. The number of anilines is 2. The average molecular weight is 350 g/mol. The third kappa shape index (κ3) is 3.21. The van der Waals surface area contributed by atoms with Crippen molar-refractivity contribution in [2.45, 2.75) is 0 Å². The van der Waals surface area contributed by atoms with Gasteiger partial charge in [-0.2, -0.15) is 5.10 Å². The topological polar surface area (TPSA) is 85.2 Å². The summed E-state index contributed by atoms with van der Waals surface area (Å²) >= 11 is 0. The highest BCUT2D eigenvalue weighted by Crippen LogP contribution is 2.25. The molecule has 1 aromatic carbocycles. The normalized spacial score (nSPS) is 14.0. The van der Waals surface area contributed by atoms with Crippen LogP contribution in [-0.2, 0) is 4.79 Å². The maximum absolute atomic E-state index is 12.4. The fourth-order valence-electron chi connectivity index (χ4n) is 2.79. The zero-order valence-corrected chi connectivity index (χ0v) is 14.2. The van der Waals surface area contributed by atoms with Crippen molar-refractivity contribution in [3.05, 3.63) is 55.1 Å². The van der Waals surface area contributed by atoms with Gasteiger partial charge < -0.3 is 15.0 Å². The molecule has 1 saturated heterocycles. The molecule has 0 aliphatic carbocycles. The minimum Gasteiger partial charge on any atom is -0.497 e. The lowest BCUT2D eigenvalue weighted by Crippen LogP contribution is -2.52. The number of hydrogen-bond donors (Lipinski definition) is 1. The summed E-state index contributed by atoms with van der Waals surface area (Å²) in [5.74, 6) is 2.19. The molecule has 2 aromatic heterocycles. The van der Waals surface area contributed by atoms with Crippen molar-refractivity contribution in [3.63, 3.8) is 0 Å². The fraction of sp³-hybridized carbons (Fsp3) is 0.222. The number of carbonyl (C=O) groups excluding carboxylic acids is 1. The van der Waals surface area contributed by atoms with Crippen molar-refractivity contribution >= 4 is 17.4 Å². The predicted molar refractivity (Wildman–Crippen MR) is 96.5 cm³/mol. The van der Waals surface area contributed by atoms with E-state index >= 15 is 0 Å². The molecule has 0 bridgehead atoms. The predicted octanol–water partition coefficient (Wildman–Crippen LogP) is 1.75. The van der Waals surface area contributed by atoms with Gasteiger partial charge in [-0.25, -0.2) is 14.6 Å². The number of methoxy groups -OCH3 is 1. The van der Waals surface area contributed by atoms with Crippen LogP contribution < -0.4 is 15.0 Å². The van der Waals surface area contributed by atoms with E-state index in [9.17, 15) is 4.79 Å². The Hall–Kier alpha value is -3.42. The molecule has 1 N–H and O–H groups in total. The van der Waals surface area contributed by atoms with Gasteiger partial charge in [-0.1, -0.05) is 0 Å². The second-order valence-corrected chi connectivity index (χ2v) is 6.00. The zero-order valence-electron chi connectivity index (χ0n) is 14.2. The molecule has 3 heterocycles. The van der Waals surface area contributed by atoms with Gasteiger partial charge in [0.05, 0.1) is 13.0 Å². The average Bonchev–Trinajstić information content (AvgIpc) is 3.16. The lowest BCUT2D eigenvalue weighted by molar-refractivity contribution is -0.120. The van der Waals surface area contributed by atoms with Gasteiger partial charge >= 0.3 is 0 Å². The van der Waals surface area contributed by atoms with Gasteiger partial charge in [0.15, 0.2) is 5.82 Å². The Morgan fingerprint density at radius 1 is 1.19 bits per heavy atom. The number of aromatic nitrogens is 4. The highest BCUT2D eigenvalue weighted by molar-refractivity contribution is 5.94. The van der Waals surface area contributed by atoms with Crippen LogP contribution in [0, 0.1) is 5.92 Å².